The van der Waals surface area contributed by atoms with Crippen molar-refractivity contribution in [3.8, 4) is 5.75 Å². The highest BCUT2D eigenvalue weighted by Gasteiger charge is 2.38. The van der Waals surface area contributed by atoms with E-state index in [-0.39, 0.29) is 24.0 Å². The van der Waals surface area contributed by atoms with Crippen LogP contribution in [0.5, 0.6) is 5.75 Å². The van der Waals surface area contributed by atoms with Crippen LogP contribution in [0.4, 0.5) is 10.1 Å². The molecule has 0 aromatic heterocycles. The molecular formula is C26H23FN2O3. The molecule has 0 spiro atoms. The number of hydrogen-bond donors (Lipinski definition) is 1. The molecule has 0 atom stereocenters. The van der Waals surface area contributed by atoms with Gasteiger partial charge in [0.1, 0.15) is 17.3 Å². The van der Waals surface area contributed by atoms with Crippen LogP contribution in [0.1, 0.15) is 16.7 Å². The summed E-state index contributed by atoms with van der Waals surface area (Å²) in [6.07, 6.45) is 0.436. The third kappa shape index (κ3) is 4.39. The van der Waals surface area contributed by atoms with Gasteiger partial charge in [0.05, 0.1) is 12.7 Å². The van der Waals surface area contributed by atoms with Gasteiger partial charge >= 0.3 is 0 Å². The molecule has 0 aliphatic carbocycles. The smallest absolute Gasteiger partial charge is 0.278 e. The molecule has 0 saturated carbocycles. The zero-order chi connectivity index (χ0) is 22.7. The van der Waals surface area contributed by atoms with Crippen LogP contribution in [0.3, 0.4) is 0 Å². The Kier molecular flexibility index (Phi) is 6.03. The summed E-state index contributed by atoms with van der Waals surface area (Å²) in [7, 11) is 1.57. The Bertz CT molecular complexity index is 1180. The highest BCUT2D eigenvalue weighted by Crippen LogP contribution is 2.31. The molecule has 2 amide bonds. The molecule has 0 bridgehead atoms. The largest absolute Gasteiger partial charge is 0.497 e. The zero-order valence-corrected chi connectivity index (χ0v) is 17.9. The van der Waals surface area contributed by atoms with Crippen molar-refractivity contribution >= 4 is 23.1 Å². The molecule has 162 valence electrons. The number of aryl methyl sites for hydroxylation is 1. The van der Waals surface area contributed by atoms with Crippen LogP contribution < -0.4 is 10.1 Å². The van der Waals surface area contributed by atoms with Crippen molar-refractivity contribution in [2.75, 3.05) is 19.0 Å². The van der Waals surface area contributed by atoms with E-state index in [1.54, 1.807) is 43.5 Å². The molecule has 3 aromatic carbocycles. The first kappa shape index (κ1) is 21.3. The third-order valence-electron chi connectivity index (χ3n) is 5.38. The summed E-state index contributed by atoms with van der Waals surface area (Å²) < 4.78 is 18.5. The van der Waals surface area contributed by atoms with Crippen LogP contribution >= 0.6 is 0 Å². The van der Waals surface area contributed by atoms with Crippen LogP contribution in [-0.2, 0) is 16.0 Å². The van der Waals surface area contributed by atoms with E-state index in [2.05, 4.69) is 5.32 Å². The molecule has 0 unspecified atom stereocenters. The fraction of sp³-hybridized carbons (Fsp3) is 0.154. The molecule has 32 heavy (non-hydrogen) atoms. The number of nitrogens with one attached hydrogen (secondary N) is 1. The maximum atomic E-state index is 13.3. The molecule has 5 nitrogen and oxygen atoms in total. The number of methoxy groups -OCH3 is 1. The Morgan fingerprint density at radius 2 is 1.66 bits per heavy atom. The molecule has 1 N–H and O–H groups in total. The van der Waals surface area contributed by atoms with E-state index in [1.165, 1.54) is 17.0 Å². The number of ether oxygens (including phenoxy) is 1. The Morgan fingerprint density at radius 3 is 2.34 bits per heavy atom. The molecule has 0 saturated heterocycles. The lowest BCUT2D eigenvalue weighted by Gasteiger charge is -2.15. The van der Waals surface area contributed by atoms with E-state index in [0.29, 0.717) is 29.0 Å². The van der Waals surface area contributed by atoms with Gasteiger partial charge in [-0.15, -0.1) is 0 Å². The van der Waals surface area contributed by atoms with Gasteiger partial charge in [0.2, 0.25) is 0 Å². The summed E-state index contributed by atoms with van der Waals surface area (Å²) in [6, 6.07) is 20.7. The van der Waals surface area contributed by atoms with E-state index >= 15 is 0 Å². The van der Waals surface area contributed by atoms with E-state index in [0.717, 1.165) is 11.1 Å². The van der Waals surface area contributed by atoms with E-state index < -0.39 is 5.91 Å². The number of halogens is 1. The van der Waals surface area contributed by atoms with Crippen molar-refractivity contribution in [1.82, 2.24) is 4.90 Å². The van der Waals surface area contributed by atoms with Crippen LogP contribution in [-0.4, -0.2) is 30.4 Å². The minimum atomic E-state index is -0.393. The summed E-state index contributed by atoms with van der Waals surface area (Å²) in [5, 5.41) is 3.13. The van der Waals surface area contributed by atoms with Gasteiger partial charge < -0.3 is 10.1 Å². The molecule has 3 aromatic rings. The lowest BCUT2D eigenvalue weighted by atomic mass is 10.0. The van der Waals surface area contributed by atoms with Crippen molar-refractivity contribution in [1.29, 1.82) is 0 Å². The average molecular weight is 430 g/mol. The summed E-state index contributed by atoms with van der Waals surface area (Å²) in [5.74, 6) is -0.436. The second-order valence-electron chi connectivity index (χ2n) is 7.61. The Balaban J connectivity index is 1.65. The number of amides is 2. The second-order valence-corrected chi connectivity index (χ2v) is 7.61. The standard InChI is InChI=1S/C26H23FN2O3/c1-17-6-10-19(11-7-17)23-24(28-21-4-3-5-22(16-21)32-2)26(31)29(25(23)30)15-14-18-8-12-20(27)13-9-18/h3-13,16,28H,14-15H2,1-2H3. The number of nitrogens with zero attached hydrogens (tertiary/aromatic N) is 1. The van der Waals surface area contributed by atoms with Crippen molar-refractivity contribution in [2.24, 2.45) is 0 Å². The highest BCUT2D eigenvalue weighted by atomic mass is 19.1. The van der Waals surface area contributed by atoms with Crippen LogP contribution in [0.15, 0.2) is 78.5 Å². The lowest BCUT2D eigenvalue weighted by Crippen LogP contribution is -2.34. The van der Waals surface area contributed by atoms with Crippen molar-refractivity contribution in [2.45, 2.75) is 13.3 Å². The first-order valence-electron chi connectivity index (χ1n) is 10.3. The molecule has 6 heteroatoms. The van der Waals surface area contributed by atoms with Gasteiger partial charge in [-0.1, -0.05) is 48.0 Å². The number of hydrogen-bond acceptors (Lipinski definition) is 4. The van der Waals surface area contributed by atoms with Gasteiger partial charge in [0, 0.05) is 18.3 Å². The Hall–Kier alpha value is -3.93. The summed E-state index contributed by atoms with van der Waals surface area (Å²) in [6.45, 7) is 2.16. The lowest BCUT2D eigenvalue weighted by molar-refractivity contribution is -0.136. The Labute approximate surface area is 186 Å². The first-order valence-corrected chi connectivity index (χ1v) is 10.3. The van der Waals surface area contributed by atoms with Gasteiger partial charge in [0.15, 0.2) is 0 Å². The number of imide groups is 1. The minimum Gasteiger partial charge on any atom is -0.497 e. The van der Waals surface area contributed by atoms with E-state index in [9.17, 15) is 14.0 Å². The fourth-order valence-corrected chi connectivity index (χ4v) is 3.62. The third-order valence-corrected chi connectivity index (χ3v) is 5.38. The Morgan fingerprint density at radius 1 is 0.938 bits per heavy atom. The number of benzene rings is 3. The molecule has 1 heterocycles. The van der Waals surface area contributed by atoms with Gasteiger partial charge in [-0.3, -0.25) is 14.5 Å². The average Bonchev–Trinajstić information content (AvgIpc) is 3.03. The normalized spacial score (nSPS) is 13.7. The van der Waals surface area contributed by atoms with E-state index in [4.69, 9.17) is 4.74 Å². The first-order chi connectivity index (χ1) is 15.5. The maximum absolute atomic E-state index is 13.3. The van der Waals surface area contributed by atoms with Crippen LogP contribution in [0, 0.1) is 12.7 Å². The highest BCUT2D eigenvalue weighted by molar-refractivity contribution is 6.36. The monoisotopic (exact) mass is 430 g/mol. The molecule has 4 rings (SSSR count). The van der Waals surface area contributed by atoms with Crippen LogP contribution in [0.25, 0.3) is 5.57 Å². The molecule has 1 aliphatic heterocycles. The predicted molar refractivity (Wildman–Crippen MR) is 122 cm³/mol. The SMILES string of the molecule is COc1cccc(NC2=C(c3ccc(C)cc3)C(=O)N(CCc3ccc(F)cc3)C2=O)c1. The number of carbonyl (C=O) groups is 2. The maximum Gasteiger partial charge on any atom is 0.278 e. The number of rotatable bonds is 7. The van der Waals surface area contributed by atoms with Gasteiger partial charge in [-0.05, 0) is 48.7 Å². The van der Waals surface area contributed by atoms with Gasteiger partial charge in [-0.2, -0.15) is 0 Å². The predicted octanol–water partition coefficient (Wildman–Crippen LogP) is 4.58. The topological polar surface area (TPSA) is 58.6 Å². The number of carbonyl (C=O) groups excluding carboxylic acids is 2. The molecule has 1 aliphatic rings. The summed E-state index contributed by atoms with van der Waals surface area (Å²) >= 11 is 0. The summed E-state index contributed by atoms with van der Waals surface area (Å²) in [4.78, 5) is 27.9. The second kappa shape index (κ2) is 9.06. The number of anilines is 1. The fourth-order valence-electron chi connectivity index (χ4n) is 3.62. The summed E-state index contributed by atoms with van der Waals surface area (Å²) in [5.41, 5.74) is 3.77. The van der Waals surface area contributed by atoms with Gasteiger partial charge in [-0.25, -0.2) is 4.39 Å². The van der Waals surface area contributed by atoms with Crippen molar-refractivity contribution in [3.63, 3.8) is 0 Å². The van der Waals surface area contributed by atoms with E-state index in [1.807, 2.05) is 31.2 Å². The van der Waals surface area contributed by atoms with Crippen LogP contribution in [0.2, 0.25) is 0 Å². The quantitative estimate of drug-likeness (QED) is 0.558. The van der Waals surface area contributed by atoms with Gasteiger partial charge in [0.25, 0.3) is 11.8 Å². The molecular weight excluding hydrogens is 407 g/mol. The molecule has 0 radical (unpaired) electrons. The van der Waals surface area contributed by atoms with Crippen molar-refractivity contribution in [3.05, 3.63) is 101 Å². The van der Waals surface area contributed by atoms with Crippen molar-refractivity contribution < 1.29 is 18.7 Å². The minimum absolute atomic E-state index is 0.196. The zero-order valence-electron chi connectivity index (χ0n) is 17.9. The molecule has 0 fully saturated rings.